The van der Waals surface area contributed by atoms with E-state index in [4.69, 9.17) is 9.72 Å². The molecule has 2 aliphatic heterocycles. The minimum Gasteiger partial charge on any atom is -0.381 e. The molecule has 1 aromatic carbocycles. The molecule has 2 aliphatic rings. The molecule has 3 aromatic rings. The average molecular weight is 512 g/mol. The number of nitrogens with one attached hydrogen (secondary N) is 1. The number of carbonyl (C=O) groups excluding carboxylic acids is 1. The lowest BCUT2D eigenvalue weighted by Gasteiger charge is -2.35. The number of benzene rings is 1. The molecule has 2 saturated heterocycles. The Balaban J connectivity index is 0.00000304. The number of amides is 1. The number of ether oxygens (including phenoxy) is 1. The molecule has 0 radical (unpaired) electrons. The highest BCUT2D eigenvalue weighted by atomic mass is 35.5. The van der Waals surface area contributed by atoms with Gasteiger partial charge in [0.05, 0.1) is 18.7 Å². The monoisotopic (exact) mass is 511 g/mol. The first kappa shape index (κ1) is 26.1. The first-order valence-electron chi connectivity index (χ1n) is 12.3. The van der Waals surface area contributed by atoms with Crippen molar-refractivity contribution in [1.29, 1.82) is 0 Å². The Labute approximate surface area is 218 Å². The van der Waals surface area contributed by atoms with Crippen molar-refractivity contribution in [2.75, 3.05) is 44.3 Å². The summed E-state index contributed by atoms with van der Waals surface area (Å²) in [7, 11) is 1.99. The molecule has 1 amide bonds. The Morgan fingerprint density at radius 1 is 1.11 bits per heavy atom. The summed E-state index contributed by atoms with van der Waals surface area (Å²) < 4.78 is 7.24. The van der Waals surface area contributed by atoms with E-state index in [1.165, 1.54) is 11.3 Å². The Bertz CT molecular complexity index is 1150. The van der Waals surface area contributed by atoms with Crippen LogP contribution in [0.2, 0.25) is 0 Å². The van der Waals surface area contributed by atoms with Gasteiger partial charge in [0.15, 0.2) is 5.82 Å². The smallest absolute Gasteiger partial charge is 0.225 e. The summed E-state index contributed by atoms with van der Waals surface area (Å²) in [5.41, 5.74) is 5.49. The third kappa shape index (κ3) is 5.86. The molecule has 0 spiro atoms. The van der Waals surface area contributed by atoms with Crippen molar-refractivity contribution >= 4 is 24.1 Å². The standard InChI is InChI=1S/C26H33N7O2.ClH/c1-19-23(16-30-31(19)2)17-32-10-12-33(13-11-32)25-24(27-8-9-28-25)21-5-3-20(4-6-21)15-29-26(34)22-7-14-35-18-22;/h3-6,8-9,16,22H,7,10-15,17-18H2,1-2H3,(H,29,34);1H. The fourth-order valence-electron chi connectivity index (χ4n) is 4.68. The second kappa shape index (κ2) is 11.8. The highest BCUT2D eigenvalue weighted by molar-refractivity contribution is 5.85. The van der Waals surface area contributed by atoms with Crippen LogP contribution in [-0.4, -0.2) is 69.9 Å². The Kier molecular flexibility index (Phi) is 8.56. The van der Waals surface area contributed by atoms with Gasteiger partial charge in [0, 0.05) is 82.1 Å². The molecule has 4 heterocycles. The first-order valence-corrected chi connectivity index (χ1v) is 12.3. The summed E-state index contributed by atoms with van der Waals surface area (Å²) in [6.07, 6.45) is 6.29. The SMILES string of the molecule is Cc1c(CN2CCN(c3nccnc3-c3ccc(CNC(=O)C4CCOC4)cc3)CC2)cnn1C.Cl. The van der Waals surface area contributed by atoms with Gasteiger partial charge in [-0.1, -0.05) is 24.3 Å². The van der Waals surface area contributed by atoms with Crippen LogP contribution in [0.3, 0.4) is 0 Å². The van der Waals surface area contributed by atoms with Crippen LogP contribution in [0.25, 0.3) is 11.3 Å². The van der Waals surface area contributed by atoms with Crippen molar-refractivity contribution in [2.24, 2.45) is 13.0 Å². The summed E-state index contributed by atoms with van der Waals surface area (Å²) >= 11 is 0. The third-order valence-electron chi connectivity index (χ3n) is 7.08. The van der Waals surface area contributed by atoms with Gasteiger partial charge >= 0.3 is 0 Å². The van der Waals surface area contributed by atoms with Crippen LogP contribution in [0, 0.1) is 12.8 Å². The number of rotatable bonds is 7. The fourth-order valence-corrected chi connectivity index (χ4v) is 4.68. The second-order valence-electron chi connectivity index (χ2n) is 9.35. The molecule has 0 aliphatic carbocycles. The maximum absolute atomic E-state index is 12.2. The molecule has 9 nitrogen and oxygen atoms in total. The topological polar surface area (TPSA) is 88.4 Å². The minimum atomic E-state index is -0.0229. The number of carbonyl (C=O) groups is 1. The summed E-state index contributed by atoms with van der Waals surface area (Å²) in [5.74, 6) is 0.970. The molecule has 2 aromatic heterocycles. The zero-order valence-corrected chi connectivity index (χ0v) is 21.7. The number of piperazine rings is 1. The number of halogens is 1. The van der Waals surface area contributed by atoms with Gasteiger partial charge in [0.25, 0.3) is 0 Å². The number of hydrogen-bond acceptors (Lipinski definition) is 7. The lowest BCUT2D eigenvalue weighted by atomic mass is 10.1. The lowest BCUT2D eigenvalue weighted by molar-refractivity contribution is -0.125. The van der Waals surface area contributed by atoms with Gasteiger partial charge in [-0.3, -0.25) is 19.4 Å². The van der Waals surface area contributed by atoms with E-state index in [0.29, 0.717) is 19.8 Å². The van der Waals surface area contributed by atoms with E-state index in [-0.39, 0.29) is 24.2 Å². The van der Waals surface area contributed by atoms with E-state index >= 15 is 0 Å². The van der Waals surface area contributed by atoms with Crippen molar-refractivity contribution < 1.29 is 9.53 Å². The summed E-state index contributed by atoms with van der Waals surface area (Å²) in [6, 6.07) is 8.23. The van der Waals surface area contributed by atoms with Gasteiger partial charge in [0.2, 0.25) is 5.91 Å². The third-order valence-corrected chi connectivity index (χ3v) is 7.08. The predicted molar refractivity (Wildman–Crippen MR) is 141 cm³/mol. The largest absolute Gasteiger partial charge is 0.381 e. The number of anilines is 1. The molecule has 0 saturated carbocycles. The van der Waals surface area contributed by atoms with Gasteiger partial charge in [-0.2, -0.15) is 5.10 Å². The second-order valence-corrected chi connectivity index (χ2v) is 9.35. The Hall–Kier alpha value is -3.01. The van der Waals surface area contributed by atoms with E-state index in [1.807, 2.05) is 30.1 Å². The van der Waals surface area contributed by atoms with Gasteiger partial charge in [0.1, 0.15) is 5.69 Å². The lowest BCUT2D eigenvalue weighted by Crippen LogP contribution is -2.46. The summed E-state index contributed by atoms with van der Waals surface area (Å²) in [4.78, 5) is 26.4. The molecule has 1 atom stereocenters. The van der Waals surface area contributed by atoms with Crippen LogP contribution < -0.4 is 10.2 Å². The van der Waals surface area contributed by atoms with E-state index in [9.17, 15) is 4.79 Å². The molecular formula is C26H34ClN7O2. The van der Waals surface area contributed by atoms with Crippen LogP contribution in [0.1, 0.15) is 23.2 Å². The fraction of sp³-hybridized carbons (Fsp3) is 0.462. The van der Waals surface area contributed by atoms with Crippen LogP contribution >= 0.6 is 12.4 Å². The van der Waals surface area contributed by atoms with Crippen LogP contribution in [0.5, 0.6) is 0 Å². The number of aromatic nitrogens is 4. The molecule has 5 rings (SSSR count). The molecule has 192 valence electrons. The molecular weight excluding hydrogens is 478 g/mol. The molecule has 2 fully saturated rings. The van der Waals surface area contributed by atoms with Gasteiger partial charge < -0.3 is 15.0 Å². The predicted octanol–water partition coefficient (Wildman–Crippen LogP) is 2.58. The van der Waals surface area contributed by atoms with Crippen molar-refractivity contribution in [3.63, 3.8) is 0 Å². The Morgan fingerprint density at radius 3 is 2.53 bits per heavy atom. The van der Waals surface area contributed by atoms with Crippen molar-refractivity contribution in [2.45, 2.75) is 26.4 Å². The van der Waals surface area contributed by atoms with Crippen LogP contribution in [0.4, 0.5) is 5.82 Å². The highest BCUT2D eigenvalue weighted by Crippen LogP contribution is 2.28. The van der Waals surface area contributed by atoms with Crippen LogP contribution in [-0.2, 0) is 29.7 Å². The first-order chi connectivity index (χ1) is 17.1. The summed E-state index contributed by atoms with van der Waals surface area (Å²) in [5, 5.41) is 7.39. The van der Waals surface area contributed by atoms with Crippen LogP contribution in [0.15, 0.2) is 42.9 Å². The molecule has 0 bridgehead atoms. The maximum atomic E-state index is 12.2. The highest BCUT2D eigenvalue weighted by Gasteiger charge is 2.24. The van der Waals surface area contributed by atoms with E-state index in [2.05, 4.69) is 44.3 Å². The quantitative estimate of drug-likeness (QED) is 0.521. The minimum absolute atomic E-state index is 0. The normalized spacial score (nSPS) is 18.2. The molecule has 10 heteroatoms. The van der Waals surface area contributed by atoms with Crippen molar-refractivity contribution in [3.8, 4) is 11.3 Å². The number of aryl methyl sites for hydroxylation is 1. The Morgan fingerprint density at radius 2 is 1.86 bits per heavy atom. The van der Waals surface area contributed by atoms with Gasteiger partial charge in [-0.25, -0.2) is 4.98 Å². The van der Waals surface area contributed by atoms with Crippen molar-refractivity contribution in [1.82, 2.24) is 30.0 Å². The van der Waals surface area contributed by atoms with Gasteiger partial charge in [-0.15, -0.1) is 12.4 Å². The number of nitrogens with zero attached hydrogens (tertiary/aromatic N) is 6. The van der Waals surface area contributed by atoms with E-state index < -0.39 is 0 Å². The average Bonchev–Trinajstić information content (AvgIpc) is 3.55. The maximum Gasteiger partial charge on any atom is 0.225 e. The number of hydrogen-bond donors (Lipinski definition) is 1. The zero-order valence-electron chi connectivity index (χ0n) is 20.9. The van der Waals surface area contributed by atoms with Gasteiger partial charge in [-0.05, 0) is 18.9 Å². The van der Waals surface area contributed by atoms with E-state index in [1.54, 1.807) is 12.4 Å². The van der Waals surface area contributed by atoms with E-state index in [0.717, 1.165) is 61.8 Å². The van der Waals surface area contributed by atoms with Crippen molar-refractivity contribution in [3.05, 3.63) is 59.7 Å². The summed E-state index contributed by atoms with van der Waals surface area (Å²) in [6.45, 7) is 8.50. The molecule has 1 unspecified atom stereocenters. The zero-order chi connectivity index (χ0) is 24.2. The molecule has 36 heavy (non-hydrogen) atoms. The molecule has 1 N–H and O–H groups in total.